The third-order valence-corrected chi connectivity index (χ3v) is 6.86. The van der Waals surface area contributed by atoms with Crippen LogP contribution < -0.4 is 15.2 Å². The molecule has 2 aromatic carbocycles. The SMILES string of the molecule is CC(=O)N[C@@H](Cc1ccc(OP(=O)(O)O)cc1)C(=O)N[C@@H](C)c1nc(Cc2ccc(I)c(Cl)c2)no1. The lowest BCUT2D eigenvalue weighted by atomic mass is 10.0. The minimum Gasteiger partial charge on any atom is -0.404 e. The first-order valence-electron chi connectivity index (χ1n) is 10.6. The van der Waals surface area contributed by atoms with Crippen LogP contribution in [0, 0.1) is 3.57 Å². The van der Waals surface area contributed by atoms with Gasteiger partial charge in [-0.2, -0.15) is 4.98 Å². The largest absolute Gasteiger partial charge is 0.524 e. The monoisotopic (exact) mass is 648 g/mol. The molecular weight excluding hydrogens is 626 g/mol. The van der Waals surface area contributed by atoms with Crippen LogP contribution in [0.5, 0.6) is 5.75 Å². The topological polar surface area (TPSA) is 164 Å². The molecule has 0 unspecified atom stereocenters. The molecule has 11 nitrogen and oxygen atoms in total. The lowest BCUT2D eigenvalue weighted by molar-refractivity contribution is -0.128. The molecule has 1 aromatic heterocycles. The molecule has 4 N–H and O–H groups in total. The van der Waals surface area contributed by atoms with Crippen LogP contribution in [0.2, 0.25) is 5.02 Å². The summed E-state index contributed by atoms with van der Waals surface area (Å²) >= 11 is 8.30. The molecule has 0 radical (unpaired) electrons. The number of rotatable bonds is 10. The van der Waals surface area contributed by atoms with Gasteiger partial charge >= 0.3 is 7.82 Å². The first kappa shape index (κ1) is 28.1. The highest BCUT2D eigenvalue weighted by atomic mass is 127. The van der Waals surface area contributed by atoms with Gasteiger partial charge in [0.25, 0.3) is 0 Å². The minimum absolute atomic E-state index is 0.0269. The maximum absolute atomic E-state index is 12.9. The Hall–Kier alpha value is -2.51. The summed E-state index contributed by atoms with van der Waals surface area (Å²) in [5.41, 5.74) is 1.54. The van der Waals surface area contributed by atoms with Crippen molar-refractivity contribution >= 4 is 53.8 Å². The summed E-state index contributed by atoms with van der Waals surface area (Å²) in [6.07, 6.45) is 0.522. The number of phosphoric acid groups is 1. The number of hydrogen-bond donors (Lipinski definition) is 4. The summed E-state index contributed by atoms with van der Waals surface area (Å²) in [7, 11) is -4.68. The number of nitrogens with zero attached hydrogens (tertiary/aromatic N) is 2. The number of hydrogen-bond acceptors (Lipinski definition) is 7. The van der Waals surface area contributed by atoms with E-state index in [9.17, 15) is 14.2 Å². The third kappa shape index (κ3) is 8.56. The summed E-state index contributed by atoms with van der Waals surface area (Å²) in [6, 6.07) is 9.88. The number of carbonyl (C=O) groups excluding carboxylic acids is 2. The first-order valence-corrected chi connectivity index (χ1v) is 13.6. The molecule has 0 spiro atoms. The van der Waals surface area contributed by atoms with Crippen molar-refractivity contribution in [3.63, 3.8) is 0 Å². The highest BCUT2D eigenvalue weighted by Crippen LogP contribution is 2.37. The number of halogens is 2. The molecule has 2 amide bonds. The minimum atomic E-state index is -4.68. The van der Waals surface area contributed by atoms with Crippen molar-refractivity contribution in [3.8, 4) is 5.75 Å². The average Bonchev–Trinajstić information content (AvgIpc) is 3.24. The Labute approximate surface area is 225 Å². The zero-order valence-corrected chi connectivity index (χ0v) is 23.0. The van der Waals surface area contributed by atoms with Gasteiger partial charge in [0.15, 0.2) is 5.82 Å². The highest BCUT2D eigenvalue weighted by Gasteiger charge is 2.24. The lowest BCUT2D eigenvalue weighted by Crippen LogP contribution is -2.48. The fourth-order valence-electron chi connectivity index (χ4n) is 3.24. The van der Waals surface area contributed by atoms with Crippen LogP contribution in [0.3, 0.4) is 0 Å². The highest BCUT2D eigenvalue weighted by molar-refractivity contribution is 14.1. The molecule has 0 saturated heterocycles. The van der Waals surface area contributed by atoms with Crippen molar-refractivity contribution in [3.05, 3.63) is 73.9 Å². The van der Waals surface area contributed by atoms with Crippen LogP contribution in [0.15, 0.2) is 47.0 Å². The van der Waals surface area contributed by atoms with Gasteiger partial charge in [-0.3, -0.25) is 19.4 Å². The number of phosphoric ester groups is 1. The summed E-state index contributed by atoms with van der Waals surface area (Å²) in [6.45, 7) is 2.97. The quantitative estimate of drug-likeness (QED) is 0.191. The molecule has 3 rings (SSSR count). The van der Waals surface area contributed by atoms with Crippen molar-refractivity contribution in [1.82, 2.24) is 20.8 Å². The summed E-state index contributed by atoms with van der Waals surface area (Å²) in [4.78, 5) is 46.8. The third-order valence-electron chi connectivity index (χ3n) is 4.84. The lowest BCUT2D eigenvalue weighted by Gasteiger charge is -2.19. The number of carbonyl (C=O) groups is 2. The van der Waals surface area contributed by atoms with Crippen LogP contribution in [0.4, 0.5) is 0 Å². The molecular formula is C22H23ClIN4O7P. The van der Waals surface area contributed by atoms with Crippen molar-refractivity contribution in [2.75, 3.05) is 0 Å². The molecule has 14 heteroatoms. The molecule has 1 heterocycles. The second kappa shape index (κ2) is 12.2. The normalized spacial score (nSPS) is 13.1. The fourth-order valence-corrected chi connectivity index (χ4v) is 4.17. The second-order valence-corrected chi connectivity index (χ2v) is 10.6. The molecule has 0 aliphatic carbocycles. The van der Waals surface area contributed by atoms with Crippen molar-refractivity contribution < 1.29 is 33.0 Å². The predicted molar refractivity (Wildman–Crippen MR) is 138 cm³/mol. The van der Waals surface area contributed by atoms with E-state index < -0.39 is 31.7 Å². The fraction of sp³-hybridized carbons (Fsp3) is 0.273. The molecule has 0 aliphatic heterocycles. The van der Waals surface area contributed by atoms with Gasteiger partial charge in [0, 0.05) is 23.3 Å². The Kier molecular flexibility index (Phi) is 9.47. The van der Waals surface area contributed by atoms with Gasteiger partial charge in [-0.05, 0) is 64.9 Å². The number of nitrogens with one attached hydrogen (secondary N) is 2. The second-order valence-electron chi connectivity index (χ2n) is 7.89. The Morgan fingerprint density at radius 3 is 2.44 bits per heavy atom. The maximum atomic E-state index is 12.9. The van der Waals surface area contributed by atoms with E-state index in [1.165, 1.54) is 31.2 Å². The standard InChI is InChI=1S/C22H23ClIN4O7P/c1-12(22-27-20(28-34-22)11-15-5-8-18(24)17(23)9-15)25-21(30)19(26-13(2)29)10-14-3-6-16(7-4-14)35-36(31,32)33/h3-9,12,19H,10-11H2,1-2H3,(H,25,30)(H,26,29)(H2,31,32,33)/t12-,19-/m0/s1. The smallest absolute Gasteiger partial charge is 0.404 e. The van der Waals surface area contributed by atoms with Gasteiger partial charge in [0.05, 0.1) is 5.02 Å². The zero-order valence-electron chi connectivity index (χ0n) is 19.1. The van der Waals surface area contributed by atoms with E-state index in [0.717, 1.165) is 9.13 Å². The predicted octanol–water partition coefficient (Wildman–Crippen LogP) is 3.31. The molecule has 0 aliphatic rings. The first-order chi connectivity index (χ1) is 16.9. The van der Waals surface area contributed by atoms with E-state index in [4.69, 9.17) is 25.9 Å². The van der Waals surface area contributed by atoms with E-state index >= 15 is 0 Å². The Bertz CT molecular complexity index is 1280. The van der Waals surface area contributed by atoms with E-state index in [1.807, 2.05) is 18.2 Å². The Morgan fingerprint density at radius 2 is 1.83 bits per heavy atom. The molecule has 0 bridgehead atoms. The van der Waals surface area contributed by atoms with Crippen LogP contribution in [-0.4, -0.2) is 37.8 Å². The zero-order chi connectivity index (χ0) is 26.5. The van der Waals surface area contributed by atoms with Crippen LogP contribution in [-0.2, 0) is 27.0 Å². The van der Waals surface area contributed by atoms with Gasteiger partial charge in [-0.25, -0.2) is 4.57 Å². The molecule has 2 atom stereocenters. The average molecular weight is 649 g/mol. The van der Waals surface area contributed by atoms with E-state index in [0.29, 0.717) is 22.8 Å². The number of aromatic nitrogens is 2. The maximum Gasteiger partial charge on any atom is 0.524 e. The van der Waals surface area contributed by atoms with E-state index in [1.54, 1.807) is 6.92 Å². The Balaban J connectivity index is 1.64. The Morgan fingerprint density at radius 1 is 1.17 bits per heavy atom. The molecule has 36 heavy (non-hydrogen) atoms. The summed E-state index contributed by atoms with van der Waals surface area (Å²) in [5.74, 6) is -0.270. The van der Waals surface area contributed by atoms with Crippen LogP contribution in [0.25, 0.3) is 0 Å². The van der Waals surface area contributed by atoms with Gasteiger partial charge in [-0.1, -0.05) is 35.0 Å². The van der Waals surface area contributed by atoms with Gasteiger partial charge in [0.1, 0.15) is 17.8 Å². The summed E-state index contributed by atoms with van der Waals surface area (Å²) < 4.78 is 21.7. The molecule has 0 fully saturated rings. The van der Waals surface area contributed by atoms with E-state index in [-0.39, 0.29) is 18.1 Å². The van der Waals surface area contributed by atoms with Crippen molar-refractivity contribution in [2.45, 2.75) is 38.8 Å². The van der Waals surface area contributed by atoms with Gasteiger partial charge in [-0.15, -0.1) is 0 Å². The number of amides is 2. The van der Waals surface area contributed by atoms with Crippen LogP contribution >= 0.6 is 42.0 Å². The van der Waals surface area contributed by atoms with E-state index in [2.05, 4.69) is 47.9 Å². The van der Waals surface area contributed by atoms with Gasteiger partial charge < -0.3 is 19.7 Å². The van der Waals surface area contributed by atoms with Crippen LogP contribution in [0.1, 0.15) is 42.7 Å². The van der Waals surface area contributed by atoms with Crippen molar-refractivity contribution in [1.29, 1.82) is 0 Å². The van der Waals surface area contributed by atoms with Gasteiger partial charge in [0.2, 0.25) is 17.7 Å². The van der Waals surface area contributed by atoms with Crippen molar-refractivity contribution in [2.24, 2.45) is 0 Å². The number of benzene rings is 2. The molecule has 0 saturated carbocycles. The summed E-state index contributed by atoms with van der Waals surface area (Å²) in [5, 5.41) is 9.95. The molecule has 192 valence electrons. The molecule has 3 aromatic rings.